The van der Waals surface area contributed by atoms with Crippen molar-refractivity contribution in [2.45, 2.75) is 18.5 Å². The van der Waals surface area contributed by atoms with Crippen molar-refractivity contribution >= 4 is 5.69 Å². The van der Waals surface area contributed by atoms with Gasteiger partial charge in [0, 0.05) is 30.9 Å². The lowest BCUT2D eigenvalue weighted by Gasteiger charge is -2.29. The lowest BCUT2D eigenvalue weighted by atomic mass is 10.2. The number of fused-ring (bicyclic) bond motifs is 2. The van der Waals surface area contributed by atoms with Crippen molar-refractivity contribution in [1.29, 1.82) is 0 Å². The van der Waals surface area contributed by atoms with Crippen LogP contribution in [0, 0.1) is 5.82 Å². The van der Waals surface area contributed by atoms with E-state index in [9.17, 15) is 4.39 Å². The van der Waals surface area contributed by atoms with E-state index in [0.717, 1.165) is 18.8 Å². The minimum absolute atomic E-state index is 0.141. The normalized spacial score (nSPS) is 29.9. The van der Waals surface area contributed by atoms with Gasteiger partial charge in [0.2, 0.25) is 0 Å². The van der Waals surface area contributed by atoms with E-state index in [1.54, 1.807) is 12.1 Å². The van der Waals surface area contributed by atoms with Crippen LogP contribution in [-0.2, 0) is 0 Å². The Bertz CT molecular complexity index is 353. The van der Waals surface area contributed by atoms with Crippen LogP contribution in [0.2, 0.25) is 0 Å². The second kappa shape index (κ2) is 2.95. The third kappa shape index (κ3) is 1.20. The SMILES string of the molecule is Fc1cccc(N2C[C@H]3C[C@H]2CN3)c1. The molecular formula is C11H13FN2. The maximum atomic E-state index is 13.0. The second-order valence-electron chi connectivity index (χ2n) is 4.13. The molecule has 2 aliphatic rings. The first-order chi connectivity index (χ1) is 6.83. The molecule has 2 atom stereocenters. The Morgan fingerprint density at radius 1 is 1.43 bits per heavy atom. The molecule has 0 unspecified atom stereocenters. The fourth-order valence-electron chi connectivity index (χ4n) is 2.53. The van der Waals surface area contributed by atoms with Gasteiger partial charge in [-0.25, -0.2) is 4.39 Å². The maximum absolute atomic E-state index is 13.0. The van der Waals surface area contributed by atoms with Crippen molar-refractivity contribution in [3.8, 4) is 0 Å². The van der Waals surface area contributed by atoms with Crippen LogP contribution in [0.25, 0.3) is 0 Å². The highest BCUT2D eigenvalue weighted by Crippen LogP contribution is 2.29. The minimum atomic E-state index is -0.141. The predicted molar refractivity (Wildman–Crippen MR) is 53.9 cm³/mol. The number of piperazine rings is 1. The summed E-state index contributed by atoms with van der Waals surface area (Å²) in [4.78, 5) is 2.31. The number of anilines is 1. The van der Waals surface area contributed by atoms with Crippen molar-refractivity contribution < 1.29 is 4.39 Å². The van der Waals surface area contributed by atoms with Crippen LogP contribution < -0.4 is 10.2 Å². The molecule has 0 aliphatic carbocycles. The lowest BCUT2D eigenvalue weighted by Crippen LogP contribution is -2.43. The highest BCUT2D eigenvalue weighted by atomic mass is 19.1. The molecule has 0 spiro atoms. The van der Waals surface area contributed by atoms with E-state index in [2.05, 4.69) is 10.2 Å². The monoisotopic (exact) mass is 192 g/mol. The van der Waals surface area contributed by atoms with E-state index < -0.39 is 0 Å². The van der Waals surface area contributed by atoms with E-state index in [-0.39, 0.29) is 5.82 Å². The molecule has 2 aliphatic heterocycles. The molecule has 0 aromatic heterocycles. The zero-order valence-electron chi connectivity index (χ0n) is 7.91. The fraction of sp³-hybridized carbons (Fsp3) is 0.455. The Kier molecular flexibility index (Phi) is 1.74. The molecule has 3 heteroatoms. The molecule has 0 amide bonds. The molecule has 2 heterocycles. The van der Waals surface area contributed by atoms with Crippen molar-refractivity contribution in [3.05, 3.63) is 30.1 Å². The third-order valence-corrected chi connectivity index (χ3v) is 3.20. The van der Waals surface area contributed by atoms with Gasteiger partial charge in [-0.1, -0.05) is 6.07 Å². The molecule has 2 bridgehead atoms. The standard InChI is InChI=1S/C11H13FN2/c12-8-2-1-3-10(4-8)14-7-9-5-11(14)6-13-9/h1-4,9,11,13H,5-7H2/t9-,11+/m1/s1. The summed E-state index contributed by atoms with van der Waals surface area (Å²) < 4.78 is 13.0. The van der Waals surface area contributed by atoms with Crippen LogP contribution in [0.3, 0.4) is 0 Å². The molecule has 2 nitrogen and oxygen atoms in total. The zero-order valence-corrected chi connectivity index (χ0v) is 7.91. The van der Waals surface area contributed by atoms with E-state index in [1.165, 1.54) is 12.5 Å². The molecule has 74 valence electrons. The number of rotatable bonds is 1. The molecule has 1 aromatic rings. The van der Waals surface area contributed by atoms with Crippen LogP contribution in [-0.4, -0.2) is 25.2 Å². The fourth-order valence-corrected chi connectivity index (χ4v) is 2.53. The van der Waals surface area contributed by atoms with Gasteiger partial charge in [0.15, 0.2) is 0 Å². The zero-order chi connectivity index (χ0) is 9.54. The maximum Gasteiger partial charge on any atom is 0.125 e. The number of nitrogens with zero attached hydrogens (tertiary/aromatic N) is 1. The Balaban J connectivity index is 1.89. The van der Waals surface area contributed by atoms with Gasteiger partial charge >= 0.3 is 0 Å². The summed E-state index contributed by atoms with van der Waals surface area (Å²) in [6.45, 7) is 2.06. The summed E-state index contributed by atoms with van der Waals surface area (Å²) in [5.41, 5.74) is 1.03. The summed E-state index contributed by atoms with van der Waals surface area (Å²) in [6.07, 6.45) is 1.20. The van der Waals surface area contributed by atoms with E-state index in [4.69, 9.17) is 0 Å². The number of benzene rings is 1. The molecular weight excluding hydrogens is 179 g/mol. The molecule has 0 saturated carbocycles. The molecule has 1 aromatic carbocycles. The van der Waals surface area contributed by atoms with Crippen LogP contribution in [0.4, 0.5) is 10.1 Å². The van der Waals surface area contributed by atoms with Crippen LogP contribution in [0.15, 0.2) is 24.3 Å². The van der Waals surface area contributed by atoms with Crippen LogP contribution in [0.5, 0.6) is 0 Å². The minimum Gasteiger partial charge on any atom is -0.366 e. The molecule has 14 heavy (non-hydrogen) atoms. The predicted octanol–water partition coefficient (Wildman–Crippen LogP) is 1.38. The van der Waals surface area contributed by atoms with Gasteiger partial charge in [-0.2, -0.15) is 0 Å². The first-order valence-electron chi connectivity index (χ1n) is 5.08. The van der Waals surface area contributed by atoms with E-state index >= 15 is 0 Å². The molecule has 0 radical (unpaired) electrons. The Hall–Kier alpha value is -1.09. The van der Waals surface area contributed by atoms with Gasteiger partial charge in [0.1, 0.15) is 5.82 Å². The summed E-state index contributed by atoms with van der Waals surface area (Å²) in [7, 11) is 0. The number of halogens is 1. The topological polar surface area (TPSA) is 15.3 Å². The number of nitrogens with one attached hydrogen (secondary N) is 1. The summed E-state index contributed by atoms with van der Waals surface area (Å²) >= 11 is 0. The van der Waals surface area contributed by atoms with E-state index in [0.29, 0.717) is 12.1 Å². The summed E-state index contributed by atoms with van der Waals surface area (Å²) in [6, 6.07) is 8.08. The summed E-state index contributed by atoms with van der Waals surface area (Å²) in [5.74, 6) is -0.141. The second-order valence-corrected chi connectivity index (χ2v) is 4.13. The quantitative estimate of drug-likeness (QED) is 0.723. The van der Waals surface area contributed by atoms with Crippen molar-refractivity contribution in [2.75, 3.05) is 18.0 Å². The van der Waals surface area contributed by atoms with Crippen molar-refractivity contribution in [1.82, 2.24) is 5.32 Å². The number of hydrogen-bond acceptors (Lipinski definition) is 2. The van der Waals surface area contributed by atoms with Gasteiger partial charge in [-0.05, 0) is 24.6 Å². The van der Waals surface area contributed by atoms with Crippen molar-refractivity contribution in [2.24, 2.45) is 0 Å². The third-order valence-electron chi connectivity index (χ3n) is 3.20. The highest BCUT2D eigenvalue weighted by Gasteiger charge is 2.37. The van der Waals surface area contributed by atoms with Gasteiger partial charge in [0.25, 0.3) is 0 Å². The van der Waals surface area contributed by atoms with Crippen molar-refractivity contribution in [3.63, 3.8) is 0 Å². The smallest absolute Gasteiger partial charge is 0.125 e. The van der Waals surface area contributed by atoms with Gasteiger partial charge in [-0.3, -0.25) is 0 Å². The average Bonchev–Trinajstić information content (AvgIpc) is 2.78. The Morgan fingerprint density at radius 3 is 3.00 bits per heavy atom. The van der Waals surface area contributed by atoms with Crippen LogP contribution in [0.1, 0.15) is 6.42 Å². The first-order valence-corrected chi connectivity index (χ1v) is 5.08. The van der Waals surface area contributed by atoms with Crippen LogP contribution >= 0.6 is 0 Å². The summed E-state index contributed by atoms with van der Waals surface area (Å²) in [5, 5.41) is 3.43. The van der Waals surface area contributed by atoms with E-state index in [1.807, 2.05) is 6.07 Å². The molecule has 1 N–H and O–H groups in total. The Labute approximate surface area is 82.7 Å². The van der Waals surface area contributed by atoms with Gasteiger partial charge < -0.3 is 10.2 Å². The average molecular weight is 192 g/mol. The molecule has 3 rings (SSSR count). The molecule has 2 saturated heterocycles. The lowest BCUT2D eigenvalue weighted by molar-refractivity contribution is 0.577. The number of hydrogen-bond donors (Lipinski definition) is 1. The Morgan fingerprint density at radius 2 is 2.36 bits per heavy atom. The highest BCUT2D eigenvalue weighted by molar-refractivity contribution is 5.50. The molecule has 2 fully saturated rings. The largest absolute Gasteiger partial charge is 0.366 e. The van der Waals surface area contributed by atoms with Gasteiger partial charge in [0.05, 0.1) is 0 Å². The first kappa shape index (κ1) is 8.24. The van der Waals surface area contributed by atoms with Gasteiger partial charge in [-0.15, -0.1) is 0 Å².